The summed E-state index contributed by atoms with van der Waals surface area (Å²) in [7, 11) is 0. The Labute approximate surface area is 141 Å². The Kier molecular flexibility index (Phi) is 3.77. The Morgan fingerprint density at radius 3 is 2.48 bits per heavy atom. The topological polar surface area (TPSA) is 68.5 Å². The zero-order chi connectivity index (χ0) is 17.2. The van der Waals surface area contributed by atoms with E-state index in [9.17, 15) is 8.78 Å². The summed E-state index contributed by atoms with van der Waals surface area (Å²) >= 11 is 0. The Morgan fingerprint density at radius 1 is 1.00 bits per heavy atom. The fourth-order valence-corrected chi connectivity index (χ4v) is 2.39. The molecule has 4 aromatic rings. The first-order valence-electron chi connectivity index (χ1n) is 7.49. The van der Waals surface area contributed by atoms with Gasteiger partial charge in [0.2, 0.25) is 0 Å². The average Bonchev–Trinajstić information content (AvgIpc) is 3.16. The number of benzene rings is 2. The summed E-state index contributed by atoms with van der Waals surface area (Å²) in [6, 6.07) is 9.83. The lowest BCUT2D eigenvalue weighted by Crippen LogP contribution is -2.03. The van der Waals surface area contributed by atoms with Crippen molar-refractivity contribution < 1.29 is 8.78 Å². The summed E-state index contributed by atoms with van der Waals surface area (Å²) < 4.78 is 28.2. The third-order valence-electron chi connectivity index (χ3n) is 3.68. The second-order valence-corrected chi connectivity index (χ2v) is 5.37. The van der Waals surface area contributed by atoms with Crippen LogP contribution in [0.4, 0.5) is 14.6 Å². The van der Waals surface area contributed by atoms with Crippen molar-refractivity contribution in [3.63, 3.8) is 0 Å². The molecule has 0 radical (unpaired) electrons. The van der Waals surface area contributed by atoms with Crippen LogP contribution in [0.2, 0.25) is 0 Å². The van der Waals surface area contributed by atoms with Crippen LogP contribution in [0.3, 0.4) is 0 Å². The lowest BCUT2D eigenvalue weighted by atomic mass is 10.2. The van der Waals surface area contributed by atoms with E-state index in [0.29, 0.717) is 23.4 Å². The van der Waals surface area contributed by atoms with Crippen LogP contribution in [0, 0.1) is 11.6 Å². The summed E-state index contributed by atoms with van der Waals surface area (Å²) in [5.41, 5.74) is 2.53. The summed E-state index contributed by atoms with van der Waals surface area (Å²) in [6.45, 7) is 0.515. The zero-order valence-corrected chi connectivity index (χ0v) is 12.9. The van der Waals surface area contributed by atoms with Crippen molar-refractivity contribution in [2.75, 3.05) is 5.32 Å². The molecule has 0 spiro atoms. The second kappa shape index (κ2) is 6.23. The standard InChI is InChI=1S/C17H12F2N6/c18-13-5-15-16(6-14(13)19)24-17(8-21-15)22-7-11-1-3-12(4-2-11)25-10-20-9-23-25/h1-6,8-10H,7H2,(H,22,24). The Morgan fingerprint density at radius 2 is 1.76 bits per heavy atom. The van der Waals surface area contributed by atoms with Gasteiger partial charge < -0.3 is 5.32 Å². The van der Waals surface area contributed by atoms with Gasteiger partial charge in [-0.15, -0.1) is 0 Å². The highest BCUT2D eigenvalue weighted by Gasteiger charge is 2.07. The number of anilines is 1. The van der Waals surface area contributed by atoms with Gasteiger partial charge >= 0.3 is 0 Å². The molecule has 0 aliphatic heterocycles. The third kappa shape index (κ3) is 3.14. The molecule has 0 amide bonds. The van der Waals surface area contributed by atoms with Crippen molar-refractivity contribution in [2.24, 2.45) is 0 Å². The number of halogens is 2. The molecule has 0 saturated carbocycles. The van der Waals surface area contributed by atoms with Crippen molar-refractivity contribution >= 4 is 16.9 Å². The smallest absolute Gasteiger partial charge is 0.161 e. The Hall–Kier alpha value is -3.42. The van der Waals surface area contributed by atoms with E-state index in [0.717, 1.165) is 23.4 Å². The highest BCUT2D eigenvalue weighted by Crippen LogP contribution is 2.17. The monoisotopic (exact) mass is 338 g/mol. The summed E-state index contributed by atoms with van der Waals surface area (Å²) in [6.07, 6.45) is 4.59. The molecular formula is C17H12F2N6. The number of hydrogen-bond donors (Lipinski definition) is 1. The van der Waals surface area contributed by atoms with Crippen LogP contribution in [0.1, 0.15) is 5.56 Å². The molecule has 0 bridgehead atoms. The molecule has 0 atom stereocenters. The van der Waals surface area contributed by atoms with Gasteiger partial charge in [0.1, 0.15) is 18.5 Å². The van der Waals surface area contributed by atoms with Gasteiger partial charge in [-0.1, -0.05) is 12.1 Å². The van der Waals surface area contributed by atoms with Gasteiger partial charge in [0.15, 0.2) is 11.6 Å². The minimum absolute atomic E-state index is 0.297. The fraction of sp³-hybridized carbons (Fsp3) is 0.0588. The molecule has 2 aromatic carbocycles. The van der Waals surface area contributed by atoms with Gasteiger partial charge in [-0.2, -0.15) is 5.10 Å². The molecular weight excluding hydrogens is 326 g/mol. The number of rotatable bonds is 4. The second-order valence-electron chi connectivity index (χ2n) is 5.37. The molecule has 2 aromatic heterocycles. The van der Waals surface area contributed by atoms with Crippen molar-refractivity contribution in [1.82, 2.24) is 24.7 Å². The van der Waals surface area contributed by atoms with E-state index in [1.807, 2.05) is 24.3 Å². The zero-order valence-electron chi connectivity index (χ0n) is 12.9. The van der Waals surface area contributed by atoms with E-state index >= 15 is 0 Å². The maximum Gasteiger partial charge on any atom is 0.161 e. The van der Waals surface area contributed by atoms with Gasteiger partial charge in [0.25, 0.3) is 0 Å². The first-order valence-corrected chi connectivity index (χ1v) is 7.49. The van der Waals surface area contributed by atoms with Crippen molar-refractivity contribution in [3.8, 4) is 5.69 Å². The molecule has 0 aliphatic carbocycles. The van der Waals surface area contributed by atoms with E-state index in [1.54, 1.807) is 11.0 Å². The van der Waals surface area contributed by atoms with Crippen LogP contribution in [-0.2, 0) is 6.54 Å². The van der Waals surface area contributed by atoms with E-state index in [1.165, 1.54) is 12.5 Å². The summed E-state index contributed by atoms with van der Waals surface area (Å²) in [5, 5.41) is 7.18. The van der Waals surface area contributed by atoms with Gasteiger partial charge in [-0.25, -0.2) is 23.4 Å². The lowest BCUT2D eigenvalue weighted by molar-refractivity contribution is 0.510. The van der Waals surface area contributed by atoms with E-state index < -0.39 is 11.6 Å². The average molecular weight is 338 g/mol. The minimum atomic E-state index is -0.942. The molecule has 2 heterocycles. The number of hydrogen-bond acceptors (Lipinski definition) is 5. The molecule has 8 heteroatoms. The number of nitrogens with one attached hydrogen (secondary N) is 1. The Balaban J connectivity index is 1.49. The molecule has 1 N–H and O–H groups in total. The van der Waals surface area contributed by atoms with Crippen LogP contribution in [0.15, 0.2) is 55.2 Å². The van der Waals surface area contributed by atoms with E-state index in [2.05, 4.69) is 25.4 Å². The highest BCUT2D eigenvalue weighted by atomic mass is 19.2. The minimum Gasteiger partial charge on any atom is -0.365 e. The molecule has 6 nitrogen and oxygen atoms in total. The lowest BCUT2D eigenvalue weighted by Gasteiger charge is -2.07. The van der Waals surface area contributed by atoms with E-state index in [4.69, 9.17) is 0 Å². The third-order valence-corrected chi connectivity index (χ3v) is 3.68. The molecule has 4 rings (SSSR count). The van der Waals surface area contributed by atoms with Gasteiger partial charge in [-0.3, -0.25) is 4.98 Å². The summed E-state index contributed by atoms with van der Waals surface area (Å²) in [4.78, 5) is 12.2. The van der Waals surface area contributed by atoms with Gasteiger partial charge in [-0.05, 0) is 17.7 Å². The predicted molar refractivity (Wildman–Crippen MR) is 88.1 cm³/mol. The normalized spacial score (nSPS) is 11.0. The van der Waals surface area contributed by atoms with Crippen molar-refractivity contribution in [3.05, 3.63) is 72.4 Å². The fourth-order valence-electron chi connectivity index (χ4n) is 2.39. The first-order chi connectivity index (χ1) is 12.2. The quantitative estimate of drug-likeness (QED) is 0.619. The van der Waals surface area contributed by atoms with Crippen molar-refractivity contribution in [1.29, 1.82) is 0 Å². The maximum absolute atomic E-state index is 13.3. The van der Waals surface area contributed by atoms with Crippen LogP contribution in [-0.4, -0.2) is 24.7 Å². The van der Waals surface area contributed by atoms with Gasteiger partial charge in [0, 0.05) is 18.7 Å². The molecule has 0 saturated heterocycles. The van der Waals surface area contributed by atoms with Crippen molar-refractivity contribution in [2.45, 2.75) is 6.54 Å². The summed E-state index contributed by atoms with van der Waals surface area (Å²) in [5.74, 6) is -1.39. The number of nitrogens with zero attached hydrogens (tertiary/aromatic N) is 5. The van der Waals surface area contributed by atoms with Crippen LogP contribution in [0.5, 0.6) is 0 Å². The molecule has 0 fully saturated rings. The van der Waals surface area contributed by atoms with Gasteiger partial charge in [0.05, 0.1) is 22.9 Å². The maximum atomic E-state index is 13.3. The van der Waals surface area contributed by atoms with E-state index in [-0.39, 0.29) is 0 Å². The molecule has 124 valence electrons. The number of aromatic nitrogens is 5. The molecule has 25 heavy (non-hydrogen) atoms. The molecule has 0 unspecified atom stereocenters. The first kappa shape index (κ1) is 15.1. The van der Waals surface area contributed by atoms with Crippen LogP contribution in [0.25, 0.3) is 16.7 Å². The SMILES string of the molecule is Fc1cc2ncc(NCc3ccc(-n4cncn4)cc3)nc2cc1F. The Bertz CT molecular complexity index is 1020. The predicted octanol–water partition coefficient (Wildman–Crippen LogP) is 3.10. The van der Waals surface area contributed by atoms with Crippen LogP contribution < -0.4 is 5.32 Å². The highest BCUT2D eigenvalue weighted by molar-refractivity contribution is 5.75. The number of fused-ring (bicyclic) bond motifs is 1. The van der Waals surface area contributed by atoms with Crippen LogP contribution >= 0.6 is 0 Å². The largest absolute Gasteiger partial charge is 0.365 e. The molecule has 0 aliphatic rings.